The molecule has 1 unspecified atom stereocenters. The predicted molar refractivity (Wildman–Crippen MR) is 61.6 cm³/mol. The molecule has 1 N–H and O–H groups in total. The van der Waals surface area contributed by atoms with Gasteiger partial charge in [-0.15, -0.1) is 5.10 Å². The summed E-state index contributed by atoms with van der Waals surface area (Å²) in [5.74, 6) is 0.700. The van der Waals surface area contributed by atoms with Crippen LogP contribution in [0, 0.1) is 0 Å². The molecule has 1 aromatic carbocycles. The Morgan fingerprint density at radius 3 is 2.94 bits per heavy atom. The molecule has 0 aliphatic rings. The third-order valence-electron chi connectivity index (χ3n) is 2.16. The Bertz CT molecular complexity index is 445. The van der Waals surface area contributed by atoms with Gasteiger partial charge in [0.05, 0.1) is 17.7 Å². The van der Waals surface area contributed by atoms with Crippen LogP contribution in [0.5, 0.6) is 5.75 Å². The molecule has 1 atom stereocenters. The van der Waals surface area contributed by atoms with Gasteiger partial charge in [-0.1, -0.05) is 22.7 Å². The Morgan fingerprint density at radius 1 is 1.44 bits per heavy atom. The summed E-state index contributed by atoms with van der Waals surface area (Å²) in [5.41, 5.74) is 0.746. The van der Waals surface area contributed by atoms with Crippen molar-refractivity contribution in [3.63, 3.8) is 0 Å². The summed E-state index contributed by atoms with van der Waals surface area (Å²) in [5, 5.41) is 13.9. The van der Waals surface area contributed by atoms with Crippen LogP contribution in [-0.2, 0) is 0 Å². The van der Waals surface area contributed by atoms with Crippen molar-refractivity contribution in [1.82, 2.24) is 9.59 Å². The fourth-order valence-electron chi connectivity index (χ4n) is 1.44. The van der Waals surface area contributed by atoms with Gasteiger partial charge in [-0.3, -0.25) is 0 Å². The minimum Gasteiger partial charge on any atom is -0.493 e. The molecule has 0 aliphatic heterocycles. The van der Waals surface area contributed by atoms with Crippen molar-refractivity contribution >= 4 is 11.5 Å². The van der Waals surface area contributed by atoms with E-state index in [2.05, 4.69) is 9.59 Å². The Labute approximate surface area is 97.7 Å². The number of nitrogens with zero attached hydrogens (tertiary/aromatic N) is 2. The summed E-state index contributed by atoms with van der Waals surface area (Å²) in [6, 6.07) is 7.44. The highest BCUT2D eigenvalue weighted by atomic mass is 32.1. The molecular weight excluding hydrogens is 224 g/mol. The van der Waals surface area contributed by atoms with Gasteiger partial charge in [-0.05, 0) is 24.5 Å². The number of aliphatic hydroxyl groups excluding tert-OH is 1. The predicted octanol–water partition coefficient (Wildman–Crippen LogP) is 2.02. The average molecular weight is 236 g/mol. The van der Waals surface area contributed by atoms with Crippen LogP contribution in [0.1, 0.15) is 23.5 Å². The second-order valence-corrected chi connectivity index (χ2v) is 4.01. The van der Waals surface area contributed by atoms with Crippen LogP contribution in [0.25, 0.3) is 0 Å². The van der Waals surface area contributed by atoms with Crippen molar-refractivity contribution in [3.05, 3.63) is 40.9 Å². The largest absolute Gasteiger partial charge is 0.493 e. The third kappa shape index (κ3) is 2.20. The SMILES string of the molecule is CCOc1ccccc1C(O)c1cnns1. The molecular formula is C11H12N2O2S. The molecule has 0 amide bonds. The first-order valence-corrected chi connectivity index (χ1v) is 5.77. The second kappa shape index (κ2) is 5.05. The number of benzene rings is 1. The molecule has 0 saturated heterocycles. The summed E-state index contributed by atoms with van der Waals surface area (Å²) in [7, 11) is 0. The first-order valence-electron chi connectivity index (χ1n) is 5.00. The maximum atomic E-state index is 10.1. The Morgan fingerprint density at radius 2 is 2.25 bits per heavy atom. The molecule has 1 aromatic heterocycles. The summed E-state index contributed by atoms with van der Waals surface area (Å²) >= 11 is 1.19. The fraction of sp³-hybridized carbons (Fsp3) is 0.273. The van der Waals surface area contributed by atoms with Crippen LogP contribution >= 0.6 is 11.5 Å². The van der Waals surface area contributed by atoms with E-state index in [0.29, 0.717) is 17.2 Å². The monoisotopic (exact) mass is 236 g/mol. The lowest BCUT2D eigenvalue weighted by atomic mass is 10.1. The van der Waals surface area contributed by atoms with Gasteiger partial charge in [-0.2, -0.15) is 0 Å². The summed E-state index contributed by atoms with van der Waals surface area (Å²) in [4.78, 5) is 0.715. The van der Waals surface area contributed by atoms with E-state index in [4.69, 9.17) is 4.74 Å². The van der Waals surface area contributed by atoms with Gasteiger partial charge in [0.25, 0.3) is 0 Å². The van der Waals surface area contributed by atoms with Crippen LogP contribution in [0.3, 0.4) is 0 Å². The van der Waals surface area contributed by atoms with Gasteiger partial charge < -0.3 is 9.84 Å². The zero-order valence-corrected chi connectivity index (χ0v) is 9.65. The molecule has 84 valence electrons. The first kappa shape index (κ1) is 11.0. The highest BCUT2D eigenvalue weighted by Crippen LogP contribution is 2.30. The van der Waals surface area contributed by atoms with Crippen molar-refractivity contribution in [2.24, 2.45) is 0 Å². The van der Waals surface area contributed by atoms with Crippen molar-refractivity contribution in [3.8, 4) is 5.75 Å². The maximum Gasteiger partial charge on any atom is 0.125 e. The van der Waals surface area contributed by atoms with Crippen LogP contribution in [-0.4, -0.2) is 21.3 Å². The molecule has 2 rings (SSSR count). The topological polar surface area (TPSA) is 55.2 Å². The average Bonchev–Trinajstić information content (AvgIpc) is 2.83. The van der Waals surface area contributed by atoms with Gasteiger partial charge in [0, 0.05) is 5.56 Å². The number of hydrogen-bond donors (Lipinski definition) is 1. The number of aromatic nitrogens is 2. The number of hydrogen-bond acceptors (Lipinski definition) is 5. The van der Waals surface area contributed by atoms with E-state index in [1.165, 1.54) is 11.5 Å². The lowest BCUT2D eigenvalue weighted by Gasteiger charge is -2.13. The van der Waals surface area contributed by atoms with Crippen molar-refractivity contribution in [2.45, 2.75) is 13.0 Å². The fourth-order valence-corrected chi connectivity index (χ4v) is 1.95. The molecule has 2 aromatic rings. The number of rotatable bonds is 4. The zero-order valence-electron chi connectivity index (χ0n) is 8.83. The standard InChI is InChI=1S/C11H12N2O2S/c1-2-15-9-6-4-3-5-8(9)11(14)10-7-12-13-16-10/h3-7,11,14H,2H2,1H3. The van der Waals surface area contributed by atoms with E-state index in [0.717, 1.165) is 5.56 Å². The van der Waals surface area contributed by atoms with Crippen LogP contribution in [0.4, 0.5) is 0 Å². The van der Waals surface area contributed by atoms with E-state index in [-0.39, 0.29) is 0 Å². The number of aliphatic hydroxyl groups is 1. The van der Waals surface area contributed by atoms with Crippen LogP contribution < -0.4 is 4.74 Å². The molecule has 5 heteroatoms. The highest BCUT2D eigenvalue weighted by Gasteiger charge is 2.16. The Balaban J connectivity index is 2.32. The molecule has 0 saturated carbocycles. The molecule has 0 radical (unpaired) electrons. The molecule has 0 fully saturated rings. The van der Waals surface area contributed by atoms with Gasteiger partial charge in [0.15, 0.2) is 0 Å². The third-order valence-corrected chi connectivity index (χ3v) is 2.88. The summed E-state index contributed by atoms with van der Waals surface area (Å²) in [6.45, 7) is 2.49. The molecule has 0 bridgehead atoms. The van der Waals surface area contributed by atoms with Crippen molar-refractivity contribution in [2.75, 3.05) is 6.61 Å². The maximum absolute atomic E-state index is 10.1. The molecule has 1 heterocycles. The van der Waals surface area contributed by atoms with E-state index in [9.17, 15) is 5.11 Å². The van der Waals surface area contributed by atoms with Gasteiger partial charge in [0.2, 0.25) is 0 Å². The van der Waals surface area contributed by atoms with Crippen molar-refractivity contribution < 1.29 is 9.84 Å². The van der Waals surface area contributed by atoms with Gasteiger partial charge >= 0.3 is 0 Å². The van der Waals surface area contributed by atoms with E-state index in [1.807, 2.05) is 31.2 Å². The van der Waals surface area contributed by atoms with Crippen molar-refractivity contribution in [1.29, 1.82) is 0 Å². The first-order chi connectivity index (χ1) is 7.83. The second-order valence-electron chi connectivity index (χ2n) is 3.19. The lowest BCUT2D eigenvalue weighted by molar-refractivity contribution is 0.215. The van der Waals surface area contributed by atoms with Gasteiger partial charge in [0.1, 0.15) is 11.9 Å². The van der Waals surface area contributed by atoms with E-state index < -0.39 is 6.10 Å². The Kier molecular flexibility index (Phi) is 3.48. The molecule has 4 nitrogen and oxygen atoms in total. The van der Waals surface area contributed by atoms with Crippen LogP contribution in [0.15, 0.2) is 30.5 Å². The normalized spacial score (nSPS) is 12.4. The number of ether oxygens (including phenoxy) is 1. The van der Waals surface area contributed by atoms with Gasteiger partial charge in [-0.25, -0.2) is 0 Å². The molecule has 16 heavy (non-hydrogen) atoms. The highest BCUT2D eigenvalue weighted by molar-refractivity contribution is 7.05. The Hall–Kier alpha value is -1.46. The lowest BCUT2D eigenvalue weighted by Crippen LogP contribution is -2.02. The quantitative estimate of drug-likeness (QED) is 0.882. The van der Waals surface area contributed by atoms with E-state index >= 15 is 0 Å². The van der Waals surface area contributed by atoms with E-state index in [1.54, 1.807) is 6.20 Å². The summed E-state index contributed by atoms with van der Waals surface area (Å²) in [6.07, 6.45) is 0.848. The smallest absolute Gasteiger partial charge is 0.125 e. The minimum absolute atomic E-state index is 0.574. The molecule has 0 aliphatic carbocycles. The van der Waals surface area contributed by atoms with Crippen LogP contribution in [0.2, 0.25) is 0 Å². The minimum atomic E-state index is -0.720. The molecule has 0 spiro atoms. The zero-order chi connectivity index (χ0) is 11.4. The summed E-state index contributed by atoms with van der Waals surface area (Å²) < 4.78 is 9.20. The number of para-hydroxylation sites is 1.